The van der Waals surface area contributed by atoms with E-state index in [4.69, 9.17) is 20.9 Å². The zero-order valence-corrected chi connectivity index (χ0v) is 17.6. The number of rotatable bonds is 5. The molecule has 1 aromatic heterocycles. The summed E-state index contributed by atoms with van der Waals surface area (Å²) in [6, 6.07) is 5.11. The number of hydrogen-bond acceptors (Lipinski definition) is 5. The maximum absolute atomic E-state index is 12.6. The Labute approximate surface area is 174 Å². The van der Waals surface area contributed by atoms with E-state index in [1.54, 1.807) is 42.0 Å². The van der Waals surface area contributed by atoms with E-state index in [1.807, 2.05) is 6.92 Å². The van der Waals surface area contributed by atoms with Gasteiger partial charge in [0, 0.05) is 48.9 Å². The van der Waals surface area contributed by atoms with Crippen LogP contribution < -0.4 is 10.1 Å². The summed E-state index contributed by atoms with van der Waals surface area (Å²) in [4.78, 5) is 28.5. The number of carbonyl (C=O) groups is 2. The maximum atomic E-state index is 12.6. The van der Waals surface area contributed by atoms with Crippen molar-refractivity contribution >= 4 is 23.5 Å². The number of aryl methyl sites for hydroxylation is 2. The molecule has 0 unspecified atom stereocenters. The van der Waals surface area contributed by atoms with E-state index < -0.39 is 0 Å². The summed E-state index contributed by atoms with van der Waals surface area (Å²) in [5, 5.41) is 7.36. The van der Waals surface area contributed by atoms with Crippen molar-refractivity contribution in [3.05, 3.63) is 45.8 Å². The van der Waals surface area contributed by atoms with Crippen LogP contribution in [0.5, 0.6) is 5.75 Å². The number of hydrogen-bond donors (Lipinski definition) is 1. The molecule has 156 valence electrons. The van der Waals surface area contributed by atoms with E-state index in [9.17, 15) is 9.59 Å². The van der Waals surface area contributed by atoms with E-state index in [0.29, 0.717) is 49.3 Å². The summed E-state index contributed by atoms with van der Waals surface area (Å²) in [6.07, 6.45) is 0.266. The fraction of sp³-hybridized carbons (Fsp3) is 0.450. The average Bonchev–Trinajstić information content (AvgIpc) is 3.04. The molecular weight excluding hydrogens is 396 g/mol. The fourth-order valence-electron chi connectivity index (χ4n) is 3.34. The van der Waals surface area contributed by atoms with Crippen molar-refractivity contribution in [1.82, 2.24) is 20.3 Å². The Balaban J connectivity index is 1.49. The molecule has 3 rings (SSSR count). The molecule has 0 spiro atoms. The lowest BCUT2D eigenvalue weighted by atomic mass is 10.1. The molecule has 1 saturated heterocycles. The third-order valence-electron chi connectivity index (χ3n) is 5.10. The van der Waals surface area contributed by atoms with E-state index >= 15 is 0 Å². The number of piperazine rings is 1. The van der Waals surface area contributed by atoms with Crippen LogP contribution in [0.2, 0.25) is 5.02 Å². The Bertz CT molecular complexity index is 871. The van der Waals surface area contributed by atoms with Crippen molar-refractivity contribution in [3.63, 3.8) is 0 Å². The van der Waals surface area contributed by atoms with Gasteiger partial charge in [0.25, 0.3) is 0 Å². The minimum atomic E-state index is -0.176. The van der Waals surface area contributed by atoms with E-state index in [-0.39, 0.29) is 18.4 Å². The normalized spacial score (nSPS) is 14.1. The molecule has 3 amide bonds. The summed E-state index contributed by atoms with van der Waals surface area (Å²) in [7, 11) is 1.58. The lowest BCUT2D eigenvalue weighted by molar-refractivity contribution is -0.131. The Morgan fingerprint density at radius 1 is 1.21 bits per heavy atom. The summed E-state index contributed by atoms with van der Waals surface area (Å²) in [5.74, 6) is 1.36. The van der Waals surface area contributed by atoms with Crippen molar-refractivity contribution in [2.24, 2.45) is 0 Å². The number of ether oxygens (including phenoxy) is 1. The molecule has 1 aliphatic heterocycles. The molecule has 1 N–H and O–H groups in total. The number of carbonyl (C=O) groups excluding carboxylic acids is 2. The van der Waals surface area contributed by atoms with Crippen LogP contribution in [0.15, 0.2) is 22.7 Å². The van der Waals surface area contributed by atoms with Crippen LogP contribution in [0, 0.1) is 13.8 Å². The topological polar surface area (TPSA) is 87.9 Å². The molecule has 8 nitrogen and oxygen atoms in total. The van der Waals surface area contributed by atoms with Gasteiger partial charge in [0.15, 0.2) is 0 Å². The first-order valence-corrected chi connectivity index (χ1v) is 9.81. The van der Waals surface area contributed by atoms with Crippen molar-refractivity contribution in [1.29, 1.82) is 0 Å². The monoisotopic (exact) mass is 420 g/mol. The second kappa shape index (κ2) is 9.17. The van der Waals surface area contributed by atoms with Gasteiger partial charge >= 0.3 is 6.03 Å². The van der Waals surface area contributed by atoms with Gasteiger partial charge in [-0.1, -0.05) is 16.8 Å². The van der Waals surface area contributed by atoms with Crippen LogP contribution in [0.4, 0.5) is 4.79 Å². The fourth-order valence-corrected chi connectivity index (χ4v) is 3.54. The van der Waals surface area contributed by atoms with Crippen LogP contribution in [-0.4, -0.2) is 60.2 Å². The number of nitrogens with zero attached hydrogens (tertiary/aromatic N) is 3. The van der Waals surface area contributed by atoms with Gasteiger partial charge in [0.1, 0.15) is 11.5 Å². The standard InChI is InChI=1S/C20H25ClN4O4/c1-13-17(14(2)29-23-13)11-19(26)24-6-8-25(9-7-24)20(27)22-12-15-10-16(21)4-5-18(15)28-3/h4-5,10H,6-9,11-12H2,1-3H3,(H,22,27). The molecule has 9 heteroatoms. The summed E-state index contributed by atoms with van der Waals surface area (Å²) in [5.41, 5.74) is 2.39. The van der Waals surface area contributed by atoms with E-state index in [0.717, 1.165) is 16.8 Å². The molecular formula is C20H25ClN4O4. The molecule has 0 saturated carbocycles. The van der Waals surface area contributed by atoms with Crippen LogP contribution in [-0.2, 0) is 17.8 Å². The zero-order chi connectivity index (χ0) is 21.0. The van der Waals surface area contributed by atoms with Crippen molar-refractivity contribution in [2.45, 2.75) is 26.8 Å². The highest BCUT2D eigenvalue weighted by molar-refractivity contribution is 6.30. The Morgan fingerprint density at radius 3 is 2.52 bits per heavy atom. The van der Waals surface area contributed by atoms with Gasteiger partial charge in [-0.05, 0) is 32.0 Å². The number of amides is 3. The molecule has 1 aliphatic rings. The lowest BCUT2D eigenvalue weighted by Gasteiger charge is -2.34. The first-order valence-electron chi connectivity index (χ1n) is 9.43. The van der Waals surface area contributed by atoms with E-state index in [1.165, 1.54) is 0 Å². The SMILES string of the molecule is COc1ccc(Cl)cc1CNC(=O)N1CCN(C(=O)Cc2c(C)noc2C)CC1. The minimum absolute atomic E-state index is 0.0168. The average molecular weight is 421 g/mol. The van der Waals surface area contributed by atoms with Crippen LogP contribution in [0.1, 0.15) is 22.6 Å². The largest absolute Gasteiger partial charge is 0.496 e. The Kier molecular flexibility index (Phi) is 6.64. The van der Waals surface area contributed by atoms with Crippen LogP contribution in [0.25, 0.3) is 0 Å². The van der Waals surface area contributed by atoms with E-state index in [2.05, 4.69) is 10.5 Å². The van der Waals surface area contributed by atoms with Crippen molar-refractivity contribution in [3.8, 4) is 5.75 Å². The minimum Gasteiger partial charge on any atom is -0.496 e. The lowest BCUT2D eigenvalue weighted by Crippen LogP contribution is -2.53. The summed E-state index contributed by atoms with van der Waals surface area (Å²) >= 11 is 6.03. The number of nitrogens with one attached hydrogen (secondary N) is 1. The molecule has 2 aromatic rings. The molecule has 0 radical (unpaired) electrons. The first-order chi connectivity index (χ1) is 13.9. The third-order valence-corrected chi connectivity index (χ3v) is 5.34. The smallest absolute Gasteiger partial charge is 0.317 e. The molecule has 29 heavy (non-hydrogen) atoms. The van der Waals surface area contributed by atoms with Gasteiger partial charge in [-0.15, -0.1) is 0 Å². The van der Waals surface area contributed by atoms with Crippen molar-refractivity contribution in [2.75, 3.05) is 33.3 Å². The van der Waals surface area contributed by atoms with Gasteiger partial charge < -0.3 is 24.4 Å². The molecule has 1 fully saturated rings. The predicted molar refractivity (Wildman–Crippen MR) is 108 cm³/mol. The molecule has 0 bridgehead atoms. The quantitative estimate of drug-likeness (QED) is 0.803. The molecule has 0 aliphatic carbocycles. The highest BCUT2D eigenvalue weighted by Crippen LogP contribution is 2.22. The Hall–Kier alpha value is -2.74. The molecule has 2 heterocycles. The molecule has 0 atom stereocenters. The summed E-state index contributed by atoms with van der Waals surface area (Å²) < 4.78 is 10.4. The number of aromatic nitrogens is 1. The first kappa shape index (κ1) is 21.0. The van der Waals surface area contributed by atoms with Gasteiger partial charge in [-0.3, -0.25) is 4.79 Å². The van der Waals surface area contributed by atoms with Crippen LogP contribution >= 0.6 is 11.6 Å². The van der Waals surface area contributed by atoms with Crippen molar-refractivity contribution < 1.29 is 18.8 Å². The number of benzene rings is 1. The highest BCUT2D eigenvalue weighted by Gasteiger charge is 2.25. The number of urea groups is 1. The number of methoxy groups -OCH3 is 1. The third kappa shape index (κ3) is 5.00. The summed E-state index contributed by atoms with van der Waals surface area (Å²) in [6.45, 7) is 5.90. The van der Waals surface area contributed by atoms with Gasteiger partial charge in [0.05, 0.1) is 19.2 Å². The Morgan fingerprint density at radius 2 is 1.90 bits per heavy atom. The predicted octanol–water partition coefficient (Wildman–Crippen LogP) is 2.55. The maximum Gasteiger partial charge on any atom is 0.317 e. The van der Waals surface area contributed by atoms with Crippen LogP contribution in [0.3, 0.4) is 0 Å². The van der Waals surface area contributed by atoms with Gasteiger partial charge in [-0.2, -0.15) is 0 Å². The number of halogens is 1. The second-order valence-electron chi connectivity index (χ2n) is 6.96. The van der Waals surface area contributed by atoms with Gasteiger partial charge in [0.2, 0.25) is 5.91 Å². The van der Waals surface area contributed by atoms with Gasteiger partial charge in [-0.25, -0.2) is 4.79 Å². The molecule has 1 aromatic carbocycles. The second-order valence-corrected chi connectivity index (χ2v) is 7.40. The highest BCUT2D eigenvalue weighted by atomic mass is 35.5. The zero-order valence-electron chi connectivity index (χ0n) is 16.8.